The van der Waals surface area contributed by atoms with Crippen molar-refractivity contribution in [1.82, 2.24) is 9.46 Å². The quantitative estimate of drug-likeness (QED) is 0.739. The maximum atomic E-state index is 13.0. The molecule has 0 aliphatic carbocycles. The minimum Gasteiger partial charge on any atom is -0.375 e. The molecule has 0 amide bonds. The first-order chi connectivity index (χ1) is 13.9. The van der Waals surface area contributed by atoms with Gasteiger partial charge in [-0.15, -0.1) is 0 Å². The minimum absolute atomic E-state index is 0.134. The van der Waals surface area contributed by atoms with Crippen molar-refractivity contribution >= 4 is 10.0 Å². The van der Waals surface area contributed by atoms with Gasteiger partial charge in [-0.2, -0.15) is 4.31 Å². The Labute approximate surface area is 172 Å². The van der Waals surface area contributed by atoms with Crippen molar-refractivity contribution in [2.24, 2.45) is 0 Å². The molecule has 0 saturated carbocycles. The highest BCUT2D eigenvalue weighted by atomic mass is 32.2. The SMILES string of the molecule is Cc1noc(C)c1S(=O)(=O)N1CCC2(CC1)CC(OCc1ccccc1)CCO2. The van der Waals surface area contributed by atoms with E-state index in [1.54, 1.807) is 13.8 Å². The number of hydrogen-bond donors (Lipinski definition) is 0. The van der Waals surface area contributed by atoms with Crippen LogP contribution >= 0.6 is 0 Å². The van der Waals surface area contributed by atoms with Crippen LogP contribution in [-0.2, 0) is 26.1 Å². The van der Waals surface area contributed by atoms with Gasteiger partial charge in [0.2, 0.25) is 10.0 Å². The number of hydrogen-bond acceptors (Lipinski definition) is 6. The first-order valence-electron chi connectivity index (χ1n) is 10.1. The third kappa shape index (κ3) is 4.26. The first kappa shape index (κ1) is 20.5. The van der Waals surface area contributed by atoms with Gasteiger partial charge in [0.25, 0.3) is 0 Å². The van der Waals surface area contributed by atoms with E-state index in [-0.39, 0.29) is 16.6 Å². The first-order valence-corrected chi connectivity index (χ1v) is 11.6. The van der Waals surface area contributed by atoms with E-state index >= 15 is 0 Å². The molecule has 4 rings (SSSR count). The van der Waals surface area contributed by atoms with E-state index in [1.807, 2.05) is 18.2 Å². The van der Waals surface area contributed by atoms with Gasteiger partial charge >= 0.3 is 0 Å². The average Bonchev–Trinajstić information content (AvgIpc) is 3.06. The zero-order valence-electron chi connectivity index (χ0n) is 17.0. The summed E-state index contributed by atoms with van der Waals surface area (Å²) in [5.74, 6) is 0.339. The standard InChI is InChI=1S/C21H28N2O5S/c1-16-20(17(2)28-22-16)29(24,25)23-11-9-21(10-12-23)14-19(8-13-27-21)26-15-18-6-4-3-5-7-18/h3-7,19H,8-15H2,1-2H3. The molecule has 1 aromatic carbocycles. The van der Waals surface area contributed by atoms with E-state index in [4.69, 9.17) is 14.0 Å². The molecule has 1 unspecified atom stereocenters. The molecular weight excluding hydrogens is 392 g/mol. The van der Waals surface area contributed by atoms with Gasteiger partial charge in [0.05, 0.1) is 18.3 Å². The number of nitrogens with zero attached hydrogens (tertiary/aromatic N) is 2. The fourth-order valence-electron chi connectivity index (χ4n) is 4.37. The van der Waals surface area contributed by atoms with Crippen molar-refractivity contribution < 1.29 is 22.4 Å². The van der Waals surface area contributed by atoms with Crippen molar-refractivity contribution in [1.29, 1.82) is 0 Å². The summed E-state index contributed by atoms with van der Waals surface area (Å²) >= 11 is 0. The fraction of sp³-hybridized carbons (Fsp3) is 0.571. The number of benzene rings is 1. The predicted molar refractivity (Wildman–Crippen MR) is 107 cm³/mol. The summed E-state index contributed by atoms with van der Waals surface area (Å²) in [5, 5.41) is 3.79. The van der Waals surface area contributed by atoms with Crippen LogP contribution in [0.5, 0.6) is 0 Å². The van der Waals surface area contributed by atoms with Gasteiger partial charge in [0.1, 0.15) is 10.6 Å². The average molecular weight is 421 g/mol. The normalized spacial score (nSPS) is 22.8. The van der Waals surface area contributed by atoms with Crippen LogP contribution in [0.3, 0.4) is 0 Å². The molecule has 1 atom stereocenters. The monoisotopic (exact) mass is 420 g/mol. The summed E-state index contributed by atoms with van der Waals surface area (Å²) in [4.78, 5) is 0.196. The molecular formula is C21H28N2O5S. The van der Waals surface area contributed by atoms with Crippen LogP contribution in [-0.4, -0.2) is 49.3 Å². The number of piperidine rings is 1. The Morgan fingerprint density at radius 2 is 1.93 bits per heavy atom. The highest BCUT2D eigenvalue weighted by Gasteiger charge is 2.44. The second kappa shape index (κ2) is 8.18. The van der Waals surface area contributed by atoms with Crippen LogP contribution in [0.25, 0.3) is 0 Å². The lowest BCUT2D eigenvalue weighted by Crippen LogP contribution is -2.52. The maximum absolute atomic E-state index is 13.0. The smallest absolute Gasteiger partial charge is 0.248 e. The molecule has 0 bridgehead atoms. The van der Waals surface area contributed by atoms with Crippen molar-refractivity contribution in [3.05, 3.63) is 47.3 Å². The van der Waals surface area contributed by atoms with Crippen LogP contribution in [0.2, 0.25) is 0 Å². The van der Waals surface area contributed by atoms with Gasteiger partial charge in [0.15, 0.2) is 5.76 Å². The van der Waals surface area contributed by atoms with Crippen LogP contribution in [0.15, 0.2) is 39.8 Å². The molecule has 0 radical (unpaired) electrons. The minimum atomic E-state index is -3.60. The number of ether oxygens (including phenoxy) is 2. The van der Waals surface area contributed by atoms with Gasteiger partial charge in [0, 0.05) is 26.1 Å². The molecule has 3 heterocycles. The summed E-state index contributed by atoms with van der Waals surface area (Å²) in [5.41, 5.74) is 1.27. The Bertz CT molecular complexity index is 914. The van der Waals surface area contributed by atoms with Crippen LogP contribution in [0, 0.1) is 13.8 Å². The third-order valence-corrected chi connectivity index (χ3v) is 8.12. The molecule has 7 nitrogen and oxygen atoms in total. The largest absolute Gasteiger partial charge is 0.375 e. The Morgan fingerprint density at radius 3 is 2.59 bits per heavy atom. The van der Waals surface area contributed by atoms with Gasteiger partial charge < -0.3 is 14.0 Å². The summed E-state index contributed by atoms with van der Waals surface area (Å²) in [7, 11) is -3.60. The van der Waals surface area contributed by atoms with Crippen molar-refractivity contribution in [2.75, 3.05) is 19.7 Å². The molecule has 2 aliphatic heterocycles. The number of sulfonamides is 1. The van der Waals surface area contributed by atoms with Crippen molar-refractivity contribution in [3.63, 3.8) is 0 Å². The second-order valence-electron chi connectivity index (χ2n) is 8.00. The number of aromatic nitrogens is 1. The van der Waals surface area contributed by atoms with Crippen molar-refractivity contribution in [3.8, 4) is 0 Å². The molecule has 2 saturated heterocycles. The molecule has 2 aromatic rings. The number of rotatable bonds is 5. The zero-order chi connectivity index (χ0) is 20.5. The lowest BCUT2D eigenvalue weighted by molar-refractivity contribution is -0.153. The van der Waals surface area contributed by atoms with E-state index in [9.17, 15) is 8.42 Å². The third-order valence-electron chi connectivity index (χ3n) is 5.98. The Hall–Kier alpha value is -1.74. The van der Waals surface area contributed by atoms with E-state index in [2.05, 4.69) is 17.3 Å². The molecule has 1 aromatic heterocycles. The lowest BCUT2D eigenvalue weighted by atomic mass is 9.84. The van der Waals surface area contributed by atoms with E-state index in [0.717, 1.165) is 18.4 Å². The van der Waals surface area contributed by atoms with E-state index in [1.165, 1.54) is 4.31 Å². The lowest BCUT2D eigenvalue weighted by Gasteiger charge is -2.45. The Kier molecular flexibility index (Phi) is 5.79. The molecule has 29 heavy (non-hydrogen) atoms. The summed E-state index contributed by atoms with van der Waals surface area (Å²) in [6.07, 6.45) is 3.14. The fourth-order valence-corrected chi connectivity index (χ4v) is 6.10. The predicted octanol–water partition coefficient (Wildman–Crippen LogP) is 3.21. The van der Waals surface area contributed by atoms with E-state index in [0.29, 0.717) is 50.6 Å². The van der Waals surface area contributed by atoms with Gasteiger partial charge in [-0.05, 0) is 38.7 Å². The summed E-state index contributed by atoms with van der Waals surface area (Å²) < 4.78 is 45.0. The van der Waals surface area contributed by atoms with Gasteiger partial charge in [-0.1, -0.05) is 35.5 Å². The zero-order valence-corrected chi connectivity index (χ0v) is 17.8. The van der Waals surface area contributed by atoms with Crippen LogP contribution < -0.4 is 0 Å². The molecule has 158 valence electrons. The number of aryl methyl sites for hydroxylation is 2. The van der Waals surface area contributed by atoms with Gasteiger partial charge in [-0.25, -0.2) is 8.42 Å². The van der Waals surface area contributed by atoms with Crippen LogP contribution in [0.4, 0.5) is 0 Å². The molecule has 2 aliphatic rings. The second-order valence-corrected chi connectivity index (χ2v) is 9.88. The van der Waals surface area contributed by atoms with Gasteiger partial charge in [-0.3, -0.25) is 0 Å². The molecule has 8 heteroatoms. The summed E-state index contributed by atoms with van der Waals surface area (Å²) in [6.45, 7) is 5.39. The highest BCUT2D eigenvalue weighted by molar-refractivity contribution is 7.89. The molecule has 2 fully saturated rings. The maximum Gasteiger partial charge on any atom is 0.248 e. The summed E-state index contributed by atoms with van der Waals surface area (Å²) in [6, 6.07) is 10.1. The van der Waals surface area contributed by atoms with Crippen molar-refractivity contribution in [2.45, 2.75) is 62.7 Å². The molecule has 1 spiro atoms. The van der Waals surface area contributed by atoms with E-state index < -0.39 is 10.0 Å². The topological polar surface area (TPSA) is 81.9 Å². The Balaban J connectivity index is 1.38. The highest BCUT2D eigenvalue weighted by Crippen LogP contribution is 2.38. The molecule has 0 N–H and O–H groups in total. The van der Waals surface area contributed by atoms with Crippen LogP contribution in [0.1, 0.15) is 42.7 Å². The Morgan fingerprint density at radius 1 is 1.21 bits per heavy atom.